The van der Waals surface area contributed by atoms with E-state index in [0.29, 0.717) is 13.0 Å². The average molecular weight is 825 g/mol. The summed E-state index contributed by atoms with van der Waals surface area (Å²) in [5.41, 5.74) is 0. The van der Waals surface area contributed by atoms with Gasteiger partial charge in [-0.2, -0.15) is 0 Å². The van der Waals surface area contributed by atoms with E-state index in [1.54, 1.807) is 0 Å². The first kappa shape index (κ1) is 55.2. The Morgan fingerprint density at radius 1 is 0.561 bits per heavy atom. The Morgan fingerprint density at radius 3 is 1.53 bits per heavy atom. The lowest BCUT2D eigenvalue weighted by Gasteiger charge is -2.20. The van der Waals surface area contributed by atoms with Crippen molar-refractivity contribution in [3.63, 3.8) is 0 Å². The molecule has 0 amide bonds. The molecule has 3 unspecified atom stereocenters. The molecule has 0 heterocycles. The van der Waals surface area contributed by atoms with Gasteiger partial charge in [0.15, 0.2) is 0 Å². The van der Waals surface area contributed by atoms with Crippen LogP contribution in [0.25, 0.3) is 0 Å². The number of carbonyl (C=O) groups is 1. The number of aliphatic hydroxyl groups excluding tert-OH is 2. The van der Waals surface area contributed by atoms with Gasteiger partial charge >= 0.3 is 13.8 Å². The van der Waals surface area contributed by atoms with Gasteiger partial charge < -0.3 is 24.6 Å². The maximum atomic E-state index is 12.6. The zero-order valence-corrected chi connectivity index (χ0v) is 37.2. The molecule has 0 aromatic carbocycles. The number of hydrogen-bond donors (Lipinski definition) is 3. The molecule has 0 aromatic heterocycles. The van der Waals surface area contributed by atoms with Crippen molar-refractivity contribution in [2.45, 2.75) is 199 Å². The highest BCUT2D eigenvalue weighted by Crippen LogP contribution is 2.43. The van der Waals surface area contributed by atoms with Crippen LogP contribution in [0.5, 0.6) is 0 Å². The van der Waals surface area contributed by atoms with Crippen molar-refractivity contribution in [2.75, 3.05) is 33.0 Å². The monoisotopic (exact) mass is 825 g/mol. The lowest BCUT2D eigenvalue weighted by Crippen LogP contribution is -2.29. The molecule has 0 bridgehead atoms. The Morgan fingerprint density at radius 2 is 1.00 bits per heavy atom. The zero-order valence-electron chi connectivity index (χ0n) is 36.3. The number of unbranched alkanes of at least 4 members (excludes halogenated alkanes) is 19. The van der Waals surface area contributed by atoms with Crippen LogP contribution in [-0.2, 0) is 27.9 Å². The normalized spacial score (nSPS) is 14.5. The van der Waals surface area contributed by atoms with Gasteiger partial charge in [-0.3, -0.25) is 13.8 Å². The lowest BCUT2D eigenvalue weighted by molar-refractivity contribution is -0.154. The molecule has 0 aromatic rings. The van der Waals surface area contributed by atoms with Crippen molar-refractivity contribution in [2.24, 2.45) is 0 Å². The van der Waals surface area contributed by atoms with Crippen LogP contribution in [0.2, 0.25) is 0 Å². The molecule has 3 atom stereocenters. The second kappa shape index (κ2) is 43.7. The molecule has 10 heteroatoms. The van der Waals surface area contributed by atoms with Gasteiger partial charge in [-0.25, -0.2) is 4.57 Å². The van der Waals surface area contributed by atoms with Crippen LogP contribution in [0.1, 0.15) is 187 Å². The summed E-state index contributed by atoms with van der Waals surface area (Å²) in [6, 6.07) is 0. The van der Waals surface area contributed by atoms with Crippen LogP contribution < -0.4 is 0 Å². The minimum absolute atomic E-state index is 0.0351. The Bertz CT molecular complexity index is 1070. The molecule has 3 N–H and O–H groups in total. The molecule has 0 aliphatic heterocycles. The highest BCUT2D eigenvalue weighted by Gasteiger charge is 2.26. The fourth-order valence-corrected chi connectivity index (χ4v) is 6.78. The number of allylic oxidation sites excluding steroid dienone is 10. The molecular weight excluding hydrogens is 739 g/mol. The Kier molecular flexibility index (Phi) is 42.3. The summed E-state index contributed by atoms with van der Waals surface area (Å²) in [6.07, 6.45) is 50.4. The van der Waals surface area contributed by atoms with E-state index in [0.717, 1.165) is 70.6 Å². The molecule has 0 aliphatic carbocycles. The molecule has 0 saturated carbocycles. The van der Waals surface area contributed by atoms with E-state index in [1.807, 2.05) is 0 Å². The van der Waals surface area contributed by atoms with Gasteiger partial charge in [0.05, 0.1) is 26.4 Å². The second-order valence-electron chi connectivity index (χ2n) is 15.0. The van der Waals surface area contributed by atoms with Gasteiger partial charge in [-0.15, -0.1) is 0 Å². The summed E-state index contributed by atoms with van der Waals surface area (Å²) in [5, 5.41) is 18.4. The quantitative estimate of drug-likeness (QED) is 0.0238. The second-order valence-corrected chi connectivity index (χ2v) is 16.5. The predicted octanol–water partition coefficient (Wildman–Crippen LogP) is 12.8. The van der Waals surface area contributed by atoms with Crippen LogP contribution in [-0.4, -0.2) is 66.3 Å². The maximum absolute atomic E-state index is 12.6. The maximum Gasteiger partial charge on any atom is 0.472 e. The predicted molar refractivity (Wildman–Crippen MR) is 237 cm³/mol. The number of phosphoric ester groups is 1. The van der Waals surface area contributed by atoms with Gasteiger partial charge in [0.2, 0.25) is 0 Å². The standard InChI is InChI=1S/C47H85O9P/c1-3-5-7-9-11-13-15-17-19-21-22-24-26-28-30-32-34-36-38-40-53-43-46(44-55-57(51,52)54-42-45(49)41-48)56-47(50)39-37-35-33-31-29-27-25-23-20-18-16-14-12-10-8-6-4-2/h6,8,12,14,18-21,25,27,45-46,48-49H,3-5,7,9-11,13,15-17,22-24,26,28-44H2,1-2H3,(H,51,52)/b8-6-,14-12-,20-18-,21-19-,27-25-. The molecule has 0 fully saturated rings. The number of rotatable bonds is 43. The van der Waals surface area contributed by atoms with Crippen molar-refractivity contribution in [3.8, 4) is 0 Å². The Labute approximate surface area is 349 Å². The summed E-state index contributed by atoms with van der Waals surface area (Å²) in [4.78, 5) is 22.6. The SMILES string of the molecule is CC/C=C\C/C=C\C/C=C\C/C=C\CCCCCCC(=O)OC(COCCCCCCCCCC/C=C\CCCCCCCCC)COP(=O)(O)OCC(O)CO. The van der Waals surface area contributed by atoms with Crippen LogP contribution in [0.4, 0.5) is 0 Å². The third-order valence-electron chi connectivity index (χ3n) is 9.44. The molecule has 332 valence electrons. The molecule has 57 heavy (non-hydrogen) atoms. The highest BCUT2D eigenvalue weighted by atomic mass is 31.2. The van der Waals surface area contributed by atoms with E-state index in [-0.39, 0.29) is 13.0 Å². The third kappa shape index (κ3) is 43.6. The lowest BCUT2D eigenvalue weighted by atomic mass is 10.1. The minimum atomic E-state index is -4.53. The molecule has 0 saturated heterocycles. The van der Waals surface area contributed by atoms with Crippen LogP contribution in [0, 0.1) is 0 Å². The van der Waals surface area contributed by atoms with Gasteiger partial charge in [0.1, 0.15) is 12.2 Å². The van der Waals surface area contributed by atoms with E-state index in [4.69, 9.17) is 23.6 Å². The first-order valence-electron chi connectivity index (χ1n) is 22.8. The minimum Gasteiger partial charge on any atom is -0.457 e. The summed E-state index contributed by atoms with van der Waals surface area (Å²) >= 11 is 0. The van der Waals surface area contributed by atoms with Crippen molar-refractivity contribution in [1.82, 2.24) is 0 Å². The molecule has 0 spiro atoms. The van der Waals surface area contributed by atoms with Gasteiger partial charge in [-0.05, 0) is 77.0 Å². The number of phosphoric acid groups is 1. The number of ether oxygens (including phenoxy) is 2. The largest absolute Gasteiger partial charge is 0.472 e. The highest BCUT2D eigenvalue weighted by molar-refractivity contribution is 7.47. The van der Waals surface area contributed by atoms with Crippen LogP contribution >= 0.6 is 7.82 Å². The van der Waals surface area contributed by atoms with E-state index < -0.39 is 45.8 Å². The first-order chi connectivity index (χ1) is 27.8. The summed E-state index contributed by atoms with van der Waals surface area (Å²) < 4.78 is 33.4. The fraction of sp³-hybridized carbons (Fsp3) is 0.766. The summed E-state index contributed by atoms with van der Waals surface area (Å²) in [6.45, 7) is 3.36. The molecule has 0 radical (unpaired) electrons. The molecule has 9 nitrogen and oxygen atoms in total. The average Bonchev–Trinajstić information content (AvgIpc) is 3.20. The number of esters is 1. The van der Waals surface area contributed by atoms with Crippen molar-refractivity contribution < 1.29 is 43.0 Å². The summed E-state index contributed by atoms with van der Waals surface area (Å²) in [5.74, 6) is -0.407. The number of carbonyl (C=O) groups excluding carboxylic acids is 1. The number of hydrogen-bond acceptors (Lipinski definition) is 8. The Hall–Kier alpha value is -1.84. The molecular formula is C47H85O9P. The smallest absolute Gasteiger partial charge is 0.457 e. The van der Waals surface area contributed by atoms with Gasteiger partial charge in [0.25, 0.3) is 0 Å². The van der Waals surface area contributed by atoms with Crippen LogP contribution in [0.3, 0.4) is 0 Å². The van der Waals surface area contributed by atoms with Crippen molar-refractivity contribution >= 4 is 13.8 Å². The zero-order chi connectivity index (χ0) is 41.8. The topological polar surface area (TPSA) is 132 Å². The van der Waals surface area contributed by atoms with Crippen molar-refractivity contribution in [3.05, 3.63) is 60.8 Å². The van der Waals surface area contributed by atoms with E-state index in [1.165, 1.54) is 89.9 Å². The summed E-state index contributed by atoms with van der Waals surface area (Å²) in [7, 11) is -4.53. The van der Waals surface area contributed by atoms with Crippen LogP contribution in [0.15, 0.2) is 60.8 Å². The molecule has 0 rings (SSSR count). The molecule has 0 aliphatic rings. The third-order valence-corrected chi connectivity index (χ3v) is 10.4. The Balaban J connectivity index is 4.19. The van der Waals surface area contributed by atoms with Crippen molar-refractivity contribution in [1.29, 1.82) is 0 Å². The van der Waals surface area contributed by atoms with Gasteiger partial charge in [0, 0.05) is 13.0 Å². The van der Waals surface area contributed by atoms with E-state index in [2.05, 4.69) is 74.6 Å². The number of aliphatic hydroxyl groups is 2. The van der Waals surface area contributed by atoms with E-state index in [9.17, 15) is 19.4 Å². The fourth-order valence-electron chi connectivity index (χ4n) is 5.99. The first-order valence-corrected chi connectivity index (χ1v) is 24.3. The van der Waals surface area contributed by atoms with E-state index >= 15 is 0 Å². The van der Waals surface area contributed by atoms with Gasteiger partial charge in [-0.1, -0.05) is 164 Å².